The van der Waals surface area contributed by atoms with Gasteiger partial charge in [0.1, 0.15) is 11.5 Å². The lowest BCUT2D eigenvalue weighted by Gasteiger charge is -2.08. The van der Waals surface area contributed by atoms with Crippen LogP contribution >= 0.6 is 0 Å². The van der Waals surface area contributed by atoms with Crippen molar-refractivity contribution in [3.8, 4) is 11.5 Å². The molecule has 1 fully saturated rings. The molecular formula is C15H15NO. The third kappa shape index (κ3) is 2.78. The molecule has 2 nitrogen and oxygen atoms in total. The zero-order chi connectivity index (χ0) is 11.5. The van der Waals surface area contributed by atoms with E-state index in [1.807, 2.05) is 48.5 Å². The van der Waals surface area contributed by atoms with E-state index in [2.05, 4.69) is 11.4 Å². The first kappa shape index (κ1) is 10.2. The molecule has 1 N–H and O–H groups in total. The molecular weight excluding hydrogens is 210 g/mol. The molecule has 0 atom stereocenters. The van der Waals surface area contributed by atoms with Crippen LogP contribution in [0.15, 0.2) is 54.6 Å². The predicted molar refractivity (Wildman–Crippen MR) is 69.6 cm³/mol. The molecule has 0 amide bonds. The van der Waals surface area contributed by atoms with Crippen molar-refractivity contribution in [1.82, 2.24) is 0 Å². The fourth-order valence-electron chi connectivity index (χ4n) is 1.74. The van der Waals surface area contributed by atoms with Crippen molar-refractivity contribution < 1.29 is 4.74 Å². The van der Waals surface area contributed by atoms with Crippen molar-refractivity contribution in [2.45, 2.75) is 18.9 Å². The van der Waals surface area contributed by atoms with Crippen LogP contribution < -0.4 is 10.1 Å². The van der Waals surface area contributed by atoms with Crippen molar-refractivity contribution in [1.29, 1.82) is 0 Å². The van der Waals surface area contributed by atoms with Gasteiger partial charge in [-0.1, -0.05) is 24.3 Å². The Morgan fingerprint density at radius 3 is 2.41 bits per heavy atom. The summed E-state index contributed by atoms with van der Waals surface area (Å²) in [5.74, 6) is 1.75. The third-order valence-electron chi connectivity index (χ3n) is 2.76. The smallest absolute Gasteiger partial charge is 0.129 e. The molecule has 1 aliphatic rings. The van der Waals surface area contributed by atoms with Crippen molar-refractivity contribution >= 4 is 5.69 Å². The van der Waals surface area contributed by atoms with Gasteiger partial charge in [0.15, 0.2) is 0 Å². The van der Waals surface area contributed by atoms with Crippen molar-refractivity contribution in [2.24, 2.45) is 0 Å². The Kier molecular flexibility index (Phi) is 2.70. The van der Waals surface area contributed by atoms with Crippen molar-refractivity contribution in [2.75, 3.05) is 5.32 Å². The van der Waals surface area contributed by atoms with Crippen molar-refractivity contribution in [3.05, 3.63) is 54.6 Å². The van der Waals surface area contributed by atoms with Gasteiger partial charge < -0.3 is 10.1 Å². The number of anilines is 1. The second kappa shape index (κ2) is 4.50. The number of benzene rings is 2. The van der Waals surface area contributed by atoms with E-state index in [0.717, 1.165) is 17.2 Å². The Morgan fingerprint density at radius 2 is 1.65 bits per heavy atom. The standard InChI is InChI=1S/C15H15NO/c1-2-6-14(7-3-1)17-15-8-4-5-13(11-15)16-12-9-10-12/h1-8,11-12,16H,9-10H2. The Labute approximate surface area is 101 Å². The predicted octanol–water partition coefficient (Wildman–Crippen LogP) is 4.05. The molecule has 0 spiro atoms. The summed E-state index contributed by atoms with van der Waals surface area (Å²) in [5, 5.41) is 3.46. The van der Waals surface area contributed by atoms with Gasteiger partial charge >= 0.3 is 0 Å². The van der Waals surface area contributed by atoms with E-state index in [4.69, 9.17) is 4.74 Å². The molecule has 0 aliphatic heterocycles. The lowest BCUT2D eigenvalue weighted by molar-refractivity contribution is 0.483. The summed E-state index contributed by atoms with van der Waals surface area (Å²) in [5.41, 5.74) is 1.14. The second-order valence-electron chi connectivity index (χ2n) is 4.36. The van der Waals surface area contributed by atoms with E-state index in [0.29, 0.717) is 6.04 Å². The summed E-state index contributed by atoms with van der Waals surface area (Å²) < 4.78 is 5.78. The number of para-hydroxylation sites is 1. The summed E-state index contributed by atoms with van der Waals surface area (Å²) in [6.07, 6.45) is 2.56. The van der Waals surface area contributed by atoms with Gasteiger partial charge in [-0.05, 0) is 37.1 Å². The summed E-state index contributed by atoms with van der Waals surface area (Å²) in [6, 6.07) is 18.6. The molecule has 3 rings (SSSR count). The van der Waals surface area contributed by atoms with Crippen LogP contribution in [0.25, 0.3) is 0 Å². The minimum absolute atomic E-state index is 0.668. The molecule has 1 aliphatic carbocycles. The van der Waals surface area contributed by atoms with Gasteiger partial charge in [0.05, 0.1) is 0 Å². The van der Waals surface area contributed by atoms with E-state index in [1.54, 1.807) is 0 Å². The number of ether oxygens (including phenoxy) is 1. The lowest BCUT2D eigenvalue weighted by atomic mass is 10.3. The Balaban J connectivity index is 1.73. The number of nitrogens with one attached hydrogen (secondary N) is 1. The van der Waals surface area contributed by atoms with Crippen molar-refractivity contribution in [3.63, 3.8) is 0 Å². The van der Waals surface area contributed by atoms with Gasteiger partial charge in [0.2, 0.25) is 0 Å². The lowest BCUT2D eigenvalue weighted by Crippen LogP contribution is -2.00. The van der Waals surface area contributed by atoms with Gasteiger partial charge in [-0.2, -0.15) is 0 Å². The topological polar surface area (TPSA) is 21.3 Å². The molecule has 0 bridgehead atoms. The summed E-state index contributed by atoms with van der Waals surface area (Å²) in [7, 11) is 0. The number of rotatable bonds is 4. The largest absolute Gasteiger partial charge is 0.457 e. The molecule has 17 heavy (non-hydrogen) atoms. The number of hydrogen-bond acceptors (Lipinski definition) is 2. The highest BCUT2D eigenvalue weighted by Gasteiger charge is 2.20. The van der Waals surface area contributed by atoms with Crippen LogP contribution in [0.2, 0.25) is 0 Å². The Morgan fingerprint density at radius 1 is 0.882 bits per heavy atom. The van der Waals surface area contributed by atoms with E-state index in [1.165, 1.54) is 12.8 Å². The average Bonchev–Trinajstić information content (AvgIpc) is 3.15. The fourth-order valence-corrected chi connectivity index (χ4v) is 1.74. The van der Waals surface area contributed by atoms with Crippen LogP contribution in [0.4, 0.5) is 5.69 Å². The monoisotopic (exact) mass is 225 g/mol. The second-order valence-corrected chi connectivity index (χ2v) is 4.36. The number of hydrogen-bond donors (Lipinski definition) is 1. The minimum Gasteiger partial charge on any atom is -0.457 e. The van der Waals surface area contributed by atoms with Crippen LogP contribution in [-0.4, -0.2) is 6.04 Å². The molecule has 0 radical (unpaired) electrons. The first-order valence-corrected chi connectivity index (χ1v) is 6.00. The highest BCUT2D eigenvalue weighted by atomic mass is 16.5. The van der Waals surface area contributed by atoms with E-state index in [-0.39, 0.29) is 0 Å². The third-order valence-corrected chi connectivity index (χ3v) is 2.76. The maximum atomic E-state index is 5.78. The van der Waals surface area contributed by atoms with E-state index >= 15 is 0 Å². The highest BCUT2D eigenvalue weighted by Crippen LogP contribution is 2.28. The Hall–Kier alpha value is -1.96. The van der Waals surface area contributed by atoms with Crippen LogP contribution in [0.3, 0.4) is 0 Å². The summed E-state index contributed by atoms with van der Waals surface area (Å²) in [4.78, 5) is 0. The molecule has 2 aromatic rings. The summed E-state index contributed by atoms with van der Waals surface area (Å²) >= 11 is 0. The quantitative estimate of drug-likeness (QED) is 0.847. The van der Waals surface area contributed by atoms with Gasteiger partial charge in [-0.15, -0.1) is 0 Å². The SMILES string of the molecule is c1ccc(Oc2cccc(NC3CC3)c2)cc1. The zero-order valence-electron chi connectivity index (χ0n) is 9.60. The Bertz CT molecular complexity index is 491. The summed E-state index contributed by atoms with van der Waals surface area (Å²) in [6.45, 7) is 0. The van der Waals surface area contributed by atoms with Crippen LogP contribution in [0.1, 0.15) is 12.8 Å². The van der Waals surface area contributed by atoms with E-state index < -0.39 is 0 Å². The van der Waals surface area contributed by atoms with Gasteiger partial charge in [0, 0.05) is 17.8 Å². The maximum Gasteiger partial charge on any atom is 0.129 e. The first-order valence-electron chi connectivity index (χ1n) is 6.00. The van der Waals surface area contributed by atoms with Crippen LogP contribution in [0.5, 0.6) is 11.5 Å². The molecule has 0 aromatic heterocycles. The molecule has 0 unspecified atom stereocenters. The zero-order valence-corrected chi connectivity index (χ0v) is 9.60. The average molecular weight is 225 g/mol. The highest BCUT2D eigenvalue weighted by molar-refractivity contribution is 5.50. The first-order chi connectivity index (χ1) is 8.40. The minimum atomic E-state index is 0.668. The van der Waals surface area contributed by atoms with Crippen LogP contribution in [0, 0.1) is 0 Å². The van der Waals surface area contributed by atoms with Gasteiger partial charge in [-0.3, -0.25) is 0 Å². The molecule has 1 saturated carbocycles. The molecule has 2 heteroatoms. The normalized spacial score (nSPS) is 14.4. The van der Waals surface area contributed by atoms with Crippen LogP contribution in [-0.2, 0) is 0 Å². The molecule has 0 saturated heterocycles. The van der Waals surface area contributed by atoms with Gasteiger partial charge in [0.25, 0.3) is 0 Å². The molecule has 0 heterocycles. The fraction of sp³-hybridized carbons (Fsp3) is 0.200. The molecule has 86 valence electrons. The molecule has 2 aromatic carbocycles. The maximum absolute atomic E-state index is 5.78. The van der Waals surface area contributed by atoms with Gasteiger partial charge in [-0.25, -0.2) is 0 Å². The van der Waals surface area contributed by atoms with E-state index in [9.17, 15) is 0 Å².